The first-order valence-corrected chi connectivity index (χ1v) is 13.4. The summed E-state index contributed by atoms with van der Waals surface area (Å²) in [7, 11) is 0. The van der Waals surface area contributed by atoms with Gasteiger partial charge in [-0.1, -0.05) is 121 Å². The Bertz CT molecular complexity index is 1220. The molecule has 0 aliphatic carbocycles. The molecule has 1 N–H and O–H groups in total. The van der Waals surface area contributed by atoms with Crippen LogP contribution in [-0.2, 0) is 50.2 Å². The molecule has 0 fully saturated rings. The topological polar surface area (TPSA) is 74.2 Å². The SMILES string of the molecule is O=C[C@@H](OCc1ccccc1)[C@H](OCc1ccccc1)[C@H](OCc1ccccc1)[C@@H](CO)OCc1ccccc1. The number of hydrogen-bond donors (Lipinski definition) is 1. The van der Waals surface area contributed by atoms with Crippen molar-refractivity contribution in [2.24, 2.45) is 0 Å². The molecule has 0 unspecified atom stereocenters. The first kappa shape index (κ1) is 29.3. The number of aliphatic hydroxyl groups excluding tert-OH is 1. The fourth-order valence-corrected chi connectivity index (χ4v) is 4.33. The fourth-order valence-electron chi connectivity index (χ4n) is 4.33. The third-order valence-corrected chi connectivity index (χ3v) is 6.49. The van der Waals surface area contributed by atoms with Gasteiger partial charge in [-0.05, 0) is 22.3 Å². The first-order chi connectivity index (χ1) is 19.8. The van der Waals surface area contributed by atoms with E-state index in [0.29, 0.717) is 0 Å². The maximum Gasteiger partial charge on any atom is 0.151 e. The molecule has 40 heavy (non-hydrogen) atoms. The molecule has 0 bridgehead atoms. The van der Waals surface area contributed by atoms with Crippen LogP contribution in [0, 0.1) is 0 Å². The summed E-state index contributed by atoms with van der Waals surface area (Å²) in [5.74, 6) is 0. The third kappa shape index (κ3) is 9.23. The lowest BCUT2D eigenvalue weighted by molar-refractivity contribution is -0.194. The van der Waals surface area contributed by atoms with Crippen LogP contribution in [0.3, 0.4) is 0 Å². The van der Waals surface area contributed by atoms with Crippen LogP contribution in [0.2, 0.25) is 0 Å². The molecule has 0 saturated carbocycles. The Morgan fingerprint density at radius 2 is 0.850 bits per heavy atom. The molecule has 6 heteroatoms. The Hall–Kier alpha value is -3.65. The number of benzene rings is 4. The van der Waals surface area contributed by atoms with Gasteiger partial charge in [0.15, 0.2) is 6.29 Å². The Labute approximate surface area is 236 Å². The van der Waals surface area contributed by atoms with Crippen molar-refractivity contribution in [3.63, 3.8) is 0 Å². The van der Waals surface area contributed by atoms with Crippen LogP contribution >= 0.6 is 0 Å². The first-order valence-electron chi connectivity index (χ1n) is 13.4. The number of aliphatic hydroxyl groups is 1. The zero-order valence-electron chi connectivity index (χ0n) is 22.5. The van der Waals surface area contributed by atoms with E-state index in [-0.39, 0.29) is 33.0 Å². The van der Waals surface area contributed by atoms with Crippen molar-refractivity contribution in [2.75, 3.05) is 6.61 Å². The lowest BCUT2D eigenvalue weighted by atomic mass is 10.0. The second-order valence-electron chi connectivity index (χ2n) is 9.44. The van der Waals surface area contributed by atoms with Gasteiger partial charge in [0.25, 0.3) is 0 Å². The van der Waals surface area contributed by atoms with Gasteiger partial charge < -0.3 is 28.8 Å². The van der Waals surface area contributed by atoms with Gasteiger partial charge in [-0.15, -0.1) is 0 Å². The monoisotopic (exact) mass is 540 g/mol. The van der Waals surface area contributed by atoms with Crippen molar-refractivity contribution in [3.8, 4) is 0 Å². The predicted molar refractivity (Wildman–Crippen MR) is 153 cm³/mol. The largest absolute Gasteiger partial charge is 0.394 e. The van der Waals surface area contributed by atoms with Gasteiger partial charge in [0.05, 0.1) is 33.0 Å². The van der Waals surface area contributed by atoms with Crippen LogP contribution in [0.15, 0.2) is 121 Å². The average Bonchev–Trinajstić information content (AvgIpc) is 3.02. The molecule has 0 aliphatic heterocycles. The molecule has 0 aliphatic rings. The minimum absolute atomic E-state index is 0.218. The Kier molecular flexibility index (Phi) is 12.1. The fraction of sp³-hybridized carbons (Fsp3) is 0.265. The number of carbonyl (C=O) groups excluding carboxylic acids is 1. The van der Waals surface area contributed by atoms with Crippen LogP contribution in [-0.4, -0.2) is 42.4 Å². The summed E-state index contributed by atoms with van der Waals surface area (Å²) >= 11 is 0. The highest BCUT2D eigenvalue weighted by molar-refractivity contribution is 5.57. The summed E-state index contributed by atoms with van der Waals surface area (Å²) in [6.45, 7) is 0.620. The smallest absolute Gasteiger partial charge is 0.151 e. The number of hydrogen-bond acceptors (Lipinski definition) is 6. The molecular formula is C34H36O6. The molecule has 0 heterocycles. The maximum absolute atomic E-state index is 12.5. The van der Waals surface area contributed by atoms with Crippen molar-refractivity contribution >= 4 is 6.29 Å². The number of carbonyl (C=O) groups is 1. The Balaban J connectivity index is 1.60. The highest BCUT2D eigenvalue weighted by Crippen LogP contribution is 2.22. The maximum atomic E-state index is 12.5. The van der Waals surface area contributed by atoms with E-state index in [9.17, 15) is 9.90 Å². The summed E-state index contributed by atoms with van der Waals surface area (Å²) in [6, 6.07) is 38.8. The Morgan fingerprint density at radius 3 is 1.23 bits per heavy atom. The van der Waals surface area contributed by atoms with Gasteiger partial charge in [-0.2, -0.15) is 0 Å². The summed E-state index contributed by atoms with van der Waals surface area (Å²) < 4.78 is 25.1. The minimum atomic E-state index is -0.973. The van der Waals surface area contributed by atoms with Gasteiger partial charge in [-0.3, -0.25) is 0 Å². The van der Waals surface area contributed by atoms with E-state index >= 15 is 0 Å². The summed E-state index contributed by atoms with van der Waals surface area (Å²) in [6.07, 6.45) is -2.70. The zero-order valence-corrected chi connectivity index (χ0v) is 22.5. The van der Waals surface area contributed by atoms with Crippen molar-refractivity contribution < 1.29 is 28.8 Å². The summed E-state index contributed by atoms with van der Waals surface area (Å²) in [5, 5.41) is 10.5. The quantitative estimate of drug-likeness (QED) is 0.178. The number of ether oxygens (including phenoxy) is 4. The normalized spacial score (nSPS) is 14.2. The highest BCUT2D eigenvalue weighted by Gasteiger charge is 2.38. The molecule has 4 aromatic carbocycles. The number of rotatable bonds is 17. The lowest BCUT2D eigenvalue weighted by Gasteiger charge is -2.35. The molecule has 208 valence electrons. The molecule has 0 saturated heterocycles. The van der Waals surface area contributed by atoms with E-state index in [1.54, 1.807) is 0 Å². The molecule has 4 aromatic rings. The molecule has 4 rings (SSSR count). The summed E-state index contributed by atoms with van der Waals surface area (Å²) in [5.41, 5.74) is 3.77. The lowest BCUT2D eigenvalue weighted by Crippen LogP contribution is -2.51. The van der Waals surface area contributed by atoms with E-state index in [1.807, 2.05) is 121 Å². The van der Waals surface area contributed by atoms with Gasteiger partial charge in [0, 0.05) is 0 Å². The molecule has 0 radical (unpaired) electrons. The van der Waals surface area contributed by atoms with Crippen LogP contribution in [0.1, 0.15) is 22.3 Å². The van der Waals surface area contributed by atoms with Crippen LogP contribution in [0.5, 0.6) is 0 Å². The Morgan fingerprint density at radius 1 is 0.500 bits per heavy atom. The van der Waals surface area contributed by atoms with E-state index < -0.39 is 24.4 Å². The van der Waals surface area contributed by atoms with Crippen molar-refractivity contribution in [1.82, 2.24) is 0 Å². The van der Waals surface area contributed by atoms with E-state index in [0.717, 1.165) is 28.5 Å². The van der Waals surface area contributed by atoms with Crippen molar-refractivity contribution in [3.05, 3.63) is 144 Å². The van der Waals surface area contributed by atoms with Gasteiger partial charge >= 0.3 is 0 Å². The molecular weight excluding hydrogens is 504 g/mol. The third-order valence-electron chi connectivity index (χ3n) is 6.49. The minimum Gasteiger partial charge on any atom is -0.394 e. The molecule has 0 amide bonds. The zero-order chi connectivity index (χ0) is 27.8. The molecule has 0 spiro atoms. The van der Waals surface area contributed by atoms with Crippen LogP contribution < -0.4 is 0 Å². The van der Waals surface area contributed by atoms with Crippen molar-refractivity contribution in [2.45, 2.75) is 50.8 Å². The number of aldehydes is 1. The van der Waals surface area contributed by atoms with Crippen LogP contribution in [0.25, 0.3) is 0 Å². The molecule has 0 aromatic heterocycles. The van der Waals surface area contributed by atoms with E-state index in [1.165, 1.54) is 0 Å². The predicted octanol–water partition coefficient (Wildman–Crippen LogP) is 5.52. The van der Waals surface area contributed by atoms with Crippen molar-refractivity contribution in [1.29, 1.82) is 0 Å². The second kappa shape index (κ2) is 16.5. The molecule has 6 nitrogen and oxygen atoms in total. The highest BCUT2D eigenvalue weighted by atomic mass is 16.6. The van der Waals surface area contributed by atoms with Gasteiger partial charge in [0.1, 0.15) is 24.4 Å². The van der Waals surface area contributed by atoms with E-state index in [2.05, 4.69) is 0 Å². The molecule has 4 atom stereocenters. The van der Waals surface area contributed by atoms with E-state index in [4.69, 9.17) is 18.9 Å². The summed E-state index contributed by atoms with van der Waals surface area (Å²) in [4.78, 5) is 12.5. The average molecular weight is 541 g/mol. The van der Waals surface area contributed by atoms with Gasteiger partial charge in [0.2, 0.25) is 0 Å². The second-order valence-corrected chi connectivity index (χ2v) is 9.44. The standard InChI is InChI=1S/C34H36O6/c35-21-31(37-23-27-13-5-1-6-14-27)33(39-25-29-17-9-3-10-18-29)34(40-26-30-19-11-4-12-20-30)32(22-36)38-24-28-15-7-2-8-16-28/h1-21,31-34,36H,22-26H2/t31-,32-,33+,34-/m1/s1. The van der Waals surface area contributed by atoms with Crippen LogP contribution in [0.4, 0.5) is 0 Å². The van der Waals surface area contributed by atoms with Gasteiger partial charge in [-0.25, -0.2) is 0 Å².